The van der Waals surface area contributed by atoms with Crippen LogP contribution in [0.5, 0.6) is 5.75 Å². The highest BCUT2D eigenvalue weighted by molar-refractivity contribution is 5.82. The first-order valence-corrected chi connectivity index (χ1v) is 7.49. The molecule has 0 aliphatic carbocycles. The molecule has 1 heterocycles. The molecule has 2 aromatic carbocycles. The monoisotopic (exact) mass is 332 g/mol. The van der Waals surface area contributed by atoms with Gasteiger partial charge in [0.1, 0.15) is 18.0 Å². The predicted octanol–water partition coefficient (Wildman–Crippen LogP) is 3.24. The number of benzene rings is 2. The average molecular weight is 332 g/mol. The third-order valence-corrected chi connectivity index (χ3v) is 4.06. The lowest BCUT2D eigenvalue weighted by atomic mass is 9.90. The van der Waals surface area contributed by atoms with E-state index in [4.69, 9.17) is 15.2 Å². The molecule has 4 nitrogen and oxygen atoms in total. The fraction of sp³-hybridized carbons (Fsp3) is 0.278. The minimum Gasteiger partial charge on any atom is -0.494 e. The van der Waals surface area contributed by atoms with E-state index in [9.17, 15) is 8.78 Å². The second-order valence-corrected chi connectivity index (χ2v) is 5.92. The zero-order valence-corrected chi connectivity index (χ0v) is 13.5. The minimum atomic E-state index is -0.998. The Kier molecular flexibility index (Phi) is 4.24. The van der Waals surface area contributed by atoms with Gasteiger partial charge in [-0.05, 0) is 41.8 Å². The number of nitrogens with zero attached hydrogens (tertiary/aromatic N) is 1. The van der Waals surface area contributed by atoms with Crippen molar-refractivity contribution in [2.24, 2.45) is 10.7 Å². The SMILES string of the molecule is COc1cc(-c2cccc(C3(C)COCC(N)=N3)c2)cc(F)c1F. The summed E-state index contributed by atoms with van der Waals surface area (Å²) in [6.45, 7) is 2.64. The summed E-state index contributed by atoms with van der Waals surface area (Å²) < 4.78 is 37.8. The van der Waals surface area contributed by atoms with Gasteiger partial charge in [-0.15, -0.1) is 0 Å². The highest BCUT2D eigenvalue weighted by Gasteiger charge is 2.30. The minimum absolute atomic E-state index is 0.134. The van der Waals surface area contributed by atoms with E-state index >= 15 is 0 Å². The fourth-order valence-corrected chi connectivity index (χ4v) is 2.80. The number of amidine groups is 1. The normalized spacial score (nSPS) is 20.6. The van der Waals surface area contributed by atoms with Gasteiger partial charge in [-0.3, -0.25) is 4.99 Å². The van der Waals surface area contributed by atoms with E-state index in [0.717, 1.165) is 17.2 Å². The first-order chi connectivity index (χ1) is 11.4. The van der Waals surface area contributed by atoms with Gasteiger partial charge in [0.05, 0.1) is 13.7 Å². The number of rotatable bonds is 3. The molecular formula is C18H18F2N2O2. The van der Waals surface area contributed by atoms with E-state index in [1.165, 1.54) is 13.2 Å². The summed E-state index contributed by atoms with van der Waals surface area (Å²) in [7, 11) is 1.30. The van der Waals surface area contributed by atoms with Gasteiger partial charge in [0, 0.05) is 0 Å². The van der Waals surface area contributed by atoms with Gasteiger partial charge in [0.2, 0.25) is 5.82 Å². The molecule has 1 atom stereocenters. The number of nitrogens with two attached hydrogens (primary N) is 1. The molecule has 0 spiro atoms. The van der Waals surface area contributed by atoms with E-state index in [-0.39, 0.29) is 5.75 Å². The Bertz CT molecular complexity index is 808. The third kappa shape index (κ3) is 2.97. The molecule has 6 heteroatoms. The van der Waals surface area contributed by atoms with Crippen molar-refractivity contribution in [2.75, 3.05) is 20.3 Å². The highest BCUT2D eigenvalue weighted by atomic mass is 19.2. The number of halogens is 2. The maximum atomic E-state index is 13.8. The summed E-state index contributed by atoms with van der Waals surface area (Å²) in [6.07, 6.45) is 0. The largest absolute Gasteiger partial charge is 0.494 e. The topological polar surface area (TPSA) is 56.8 Å². The van der Waals surface area contributed by atoms with Gasteiger partial charge in [0.15, 0.2) is 11.6 Å². The molecule has 2 N–H and O–H groups in total. The molecule has 126 valence electrons. The summed E-state index contributed by atoms with van der Waals surface area (Å²) in [5.41, 5.74) is 7.30. The lowest BCUT2D eigenvalue weighted by Gasteiger charge is -2.30. The summed E-state index contributed by atoms with van der Waals surface area (Å²) in [4.78, 5) is 4.50. The molecule has 0 amide bonds. The summed E-state index contributed by atoms with van der Waals surface area (Å²) in [6, 6.07) is 10.0. The quantitative estimate of drug-likeness (QED) is 0.939. The summed E-state index contributed by atoms with van der Waals surface area (Å²) in [5, 5.41) is 0. The number of hydrogen-bond acceptors (Lipinski definition) is 4. The highest BCUT2D eigenvalue weighted by Crippen LogP contribution is 2.33. The lowest BCUT2D eigenvalue weighted by Crippen LogP contribution is -2.37. The average Bonchev–Trinajstić information content (AvgIpc) is 2.57. The maximum Gasteiger partial charge on any atom is 0.200 e. The molecule has 0 saturated carbocycles. The van der Waals surface area contributed by atoms with Crippen molar-refractivity contribution in [3.8, 4) is 16.9 Å². The zero-order valence-electron chi connectivity index (χ0n) is 13.5. The Morgan fingerprint density at radius 2 is 2.00 bits per heavy atom. The van der Waals surface area contributed by atoms with E-state index < -0.39 is 17.2 Å². The molecule has 0 fully saturated rings. The van der Waals surface area contributed by atoms with Crippen LogP contribution in [0.4, 0.5) is 8.78 Å². The van der Waals surface area contributed by atoms with E-state index in [1.807, 2.05) is 31.2 Å². The van der Waals surface area contributed by atoms with Crippen LogP contribution in [-0.4, -0.2) is 26.2 Å². The second kappa shape index (κ2) is 6.20. The fourth-order valence-electron chi connectivity index (χ4n) is 2.80. The van der Waals surface area contributed by atoms with Crippen LogP contribution >= 0.6 is 0 Å². The first kappa shape index (κ1) is 16.4. The second-order valence-electron chi connectivity index (χ2n) is 5.92. The smallest absolute Gasteiger partial charge is 0.200 e. The van der Waals surface area contributed by atoms with Crippen molar-refractivity contribution in [3.05, 3.63) is 53.6 Å². The number of ether oxygens (including phenoxy) is 2. The molecule has 1 aliphatic rings. The lowest BCUT2D eigenvalue weighted by molar-refractivity contribution is 0.106. The Morgan fingerprint density at radius 3 is 2.71 bits per heavy atom. The van der Waals surface area contributed by atoms with Gasteiger partial charge in [-0.25, -0.2) is 4.39 Å². The zero-order chi connectivity index (χ0) is 17.3. The van der Waals surface area contributed by atoms with Crippen molar-refractivity contribution in [1.82, 2.24) is 0 Å². The van der Waals surface area contributed by atoms with E-state index in [0.29, 0.717) is 24.6 Å². The Morgan fingerprint density at radius 1 is 1.21 bits per heavy atom. The van der Waals surface area contributed by atoms with Crippen molar-refractivity contribution < 1.29 is 18.3 Å². The van der Waals surface area contributed by atoms with Gasteiger partial charge in [-0.2, -0.15) is 4.39 Å². The Hall–Kier alpha value is -2.47. The van der Waals surface area contributed by atoms with Crippen LogP contribution < -0.4 is 10.5 Å². The van der Waals surface area contributed by atoms with Crippen LogP contribution in [0.2, 0.25) is 0 Å². The van der Waals surface area contributed by atoms with Gasteiger partial charge in [-0.1, -0.05) is 18.2 Å². The van der Waals surface area contributed by atoms with Crippen molar-refractivity contribution in [3.63, 3.8) is 0 Å². The molecule has 3 rings (SSSR count). The van der Waals surface area contributed by atoms with Crippen LogP contribution in [0.25, 0.3) is 11.1 Å². The summed E-state index contributed by atoms with van der Waals surface area (Å²) >= 11 is 0. The molecule has 1 aliphatic heterocycles. The van der Waals surface area contributed by atoms with E-state index in [2.05, 4.69) is 4.99 Å². The predicted molar refractivity (Wildman–Crippen MR) is 88.1 cm³/mol. The summed E-state index contributed by atoms with van der Waals surface area (Å²) in [5.74, 6) is -1.65. The Labute approximate surface area is 138 Å². The van der Waals surface area contributed by atoms with Crippen molar-refractivity contribution >= 4 is 5.84 Å². The maximum absolute atomic E-state index is 13.8. The number of methoxy groups -OCH3 is 1. The van der Waals surface area contributed by atoms with E-state index in [1.54, 1.807) is 0 Å². The number of aliphatic imine (C=N–C) groups is 1. The van der Waals surface area contributed by atoms with Gasteiger partial charge < -0.3 is 15.2 Å². The molecule has 0 radical (unpaired) electrons. The molecule has 0 saturated heterocycles. The van der Waals surface area contributed by atoms with Gasteiger partial charge in [0.25, 0.3) is 0 Å². The molecule has 1 unspecified atom stereocenters. The third-order valence-electron chi connectivity index (χ3n) is 4.06. The molecule has 2 aromatic rings. The van der Waals surface area contributed by atoms with Gasteiger partial charge >= 0.3 is 0 Å². The van der Waals surface area contributed by atoms with Crippen LogP contribution in [0.1, 0.15) is 12.5 Å². The number of hydrogen-bond donors (Lipinski definition) is 1. The molecular weight excluding hydrogens is 314 g/mol. The van der Waals surface area contributed by atoms with Crippen LogP contribution in [-0.2, 0) is 10.3 Å². The standard InChI is InChI=1S/C18H18F2N2O2/c1-18(10-24-9-16(21)22-18)13-5-3-4-11(6-13)12-7-14(19)17(20)15(8-12)23-2/h3-8H,9-10H2,1-2H3,(H2,21,22). The Balaban J connectivity index is 2.06. The first-order valence-electron chi connectivity index (χ1n) is 7.49. The molecule has 0 aromatic heterocycles. The van der Waals surface area contributed by atoms with Crippen LogP contribution in [0.15, 0.2) is 41.4 Å². The van der Waals surface area contributed by atoms with Crippen LogP contribution in [0, 0.1) is 11.6 Å². The molecule has 0 bridgehead atoms. The van der Waals surface area contributed by atoms with Crippen molar-refractivity contribution in [2.45, 2.75) is 12.5 Å². The van der Waals surface area contributed by atoms with Crippen molar-refractivity contribution in [1.29, 1.82) is 0 Å². The van der Waals surface area contributed by atoms with Crippen LogP contribution in [0.3, 0.4) is 0 Å². The molecule has 24 heavy (non-hydrogen) atoms.